The molecule has 5 aromatic heterocycles. The van der Waals surface area contributed by atoms with E-state index in [0.717, 1.165) is 82.3 Å². The highest BCUT2D eigenvalue weighted by atomic mass is 32.1. The summed E-state index contributed by atoms with van der Waals surface area (Å²) < 4.78 is 27.8. The van der Waals surface area contributed by atoms with Gasteiger partial charge in [-0.05, 0) is 261 Å². The molecule has 10 heteroatoms. The zero-order chi connectivity index (χ0) is 53.7. The Labute approximate surface area is 472 Å². The third-order valence-electron chi connectivity index (χ3n) is 9.80. The minimum atomic E-state index is 0.682. The molecule has 4 nitrogen and oxygen atoms in total. The lowest BCUT2D eigenvalue weighted by molar-refractivity contribution is 1.44. The van der Waals surface area contributed by atoms with Gasteiger partial charge in [0.25, 0.3) is 0 Å². The number of hydrogen-bond donors (Lipinski definition) is 0. The van der Waals surface area contributed by atoms with E-state index in [1.54, 1.807) is 45.3 Å². The highest BCUT2D eigenvalue weighted by molar-refractivity contribution is 7.58. The molecule has 0 N–H and O–H groups in total. The van der Waals surface area contributed by atoms with Gasteiger partial charge in [-0.25, -0.2) is 0 Å². The van der Waals surface area contributed by atoms with Gasteiger partial charge in [0, 0.05) is 59.9 Å². The standard InChI is InChI=1S/C68H16N4S6/c1-5-7-9-11-13-15-17-19-21-23-25-27-29-31-33-35-37-51-44-52(38-36-34-32-30-28-26-24-22-20-18-16-14-12-10-8-6-2)46-53(45-51)47-54-55-43-50(4)74-67(55)68-56(54)48-60(76-68)57-41-42-59(75-57)62-65-63(69-77-71-65)61(58-40-39-49(3)73-58)64-66(62)72-78-70-64/h1-2,39-48H,3-4H2/b54-47-,60-57+,61-58-,62-59+. The molecule has 0 fully saturated rings. The molecule has 344 valence electrons. The normalized spacial score (nSPS) is 11.0. The number of benzene rings is 2. The Kier molecular flexibility index (Phi) is 17.0. The van der Waals surface area contributed by atoms with Gasteiger partial charge in [-0.1, -0.05) is 25.0 Å². The second-order valence-electron chi connectivity index (χ2n) is 14.6. The van der Waals surface area contributed by atoms with Crippen molar-refractivity contribution in [2.24, 2.45) is 8.73 Å². The SMILES string of the molecule is C#CC#CC#CC#CC#CC#CC#CC#CC#Cc1cc(C#CC#CC#CC#CC#CC#CC#CC#CC#C)cc(/C=C2/c3cc(=C)sc3=c3s/c(=c4\cc/c(=c5\c6c(/c(=c7/ccc(=C)s7)c7nsnc57)N=S=N6)s4)cc32)c1. The molecule has 1 aliphatic carbocycles. The van der Waals surface area contributed by atoms with E-state index in [1.807, 2.05) is 24.3 Å². The Morgan fingerprint density at radius 2 is 0.821 bits per heavy atom. The molecule has 0 atom stereocenters. The van der Waals surface area contributed by atoms with Gasteiger partial charge in [-0.2, -0.15) is 17.5 Å². The molecule has 7 aromatic rings. The van der Waals surface area contributed by atoms with Gasteiger partial charge in [-0.15, -0.1) is 58.2 Å². The van der Waals surface area contributed by atoms with Crippen molar-refractivity contribution in [1.29, 1.82) is 0 Å². The van der Waals surface area contributed by atoms with Crippen molar-refractivity contribution < 1.29 is 0 Å². The van der Waals surface area contributed by atoms with Crippen molar-refractivity contribution in [1.82, 2.24) is 8.75 Å². The summed E-state index contributed by atoms with van der Waals surface area (Å²) >= 11 is 9.14. The van der Waals surface area contributed by atoms with Crippen LogP contribution in [0.15, 0.2) is 63.3 Å². The third kappa shape index (κ3) is 12.8. The zero-order valence-corrected chi connectivity index (χ0v) is 44.5. The van der Waals surface area contributed by atoms with Crippen molar-refractivity contribution in [3.63, 3.8) is 0 Å². The first kappa shape index (κ1) is 51.3. The highest BCUT2D eigenvalue weighted by Crippen LogP contribution is 2.41. The summed E-state index contributed by atoms with van der Waals surface area (Å²) in [5, 5.41) is 1.89. The fourth-order valence-corrected chi connectivity index (χ4v) is 12.4. The van der Waals surface area contributed by atoms with Gasteiger partial charge in [0.1, 0.15) is 22.4 Å². The second-order valence-corrected chi connectivity index (χ2v) is 20.1. The molecule has 0 amide bonds. The van der Waals surface area contributed by atoms with Crippen LogP contribution >= 0.6 is 57.1 Å². The molecule has 0 radical (unpaired) electrons. The van der Waals surface area contributed by atoms with E-state index in [2.05, 4.69) is 251 Å². The van der Waals surface area contributed by atoms with Crippen LogP contribution in [0.2, 0.25) is 0 Å². The van der Waals surface area contributed by atoms with Crippen LogP contribution in [0.5, 0.6) is 0 Å². The van der Waals surface area contributed by atoms with Crippen LogP contribution in [0.25, 0.3) is 35.8 Å². The van der Waals surface area contributed by atoms with Crippen LogP contribution in [-0.4, -0.2) is 8.75 Å². The lowest BCUT2D eigenvalue weighted by atomic mass is 9.99. The summed E-state index contributed by atoms with van der Waals surface area (Å²) in [7, 11) is 0. The number of thiophene rings is 4. The lowest BCUT2D eigenvalue weighted by Gasteiger charge is -2.03. The van der Waals surface area contributed by atoms with Gasteiger partial charge >= 0.3 is 0 Å². The minimum Gasteiger partial charge on any atom is -0.172 e. The van der Waals surface area contributed by atoms with Crippen molar-refractivity contribution >= 4 is 116 Å². The van der Waals surface area contributed by atoms with Crippen molar-refractivity contribution in [2.75, 3.05) is 0 Å². The molecule has 1 aliphatic heterocycles. The quantitative estimate of drug-likeness (QED) is 0.155. The van der Waals surface area contributed by atoms with E-state index in [9.17, 15) is 0 Å². The minimum absolute atomic E-state index is 0.682. The average Bonchev–Trinajstić information content (AvgIpc) is 4.42. The van der Waals surface area contributed by atoms with Crippen LogP contribution in [0.3, 0.4) is 0 Å². The molecule has 6 heterocycles. The molecule has 9 rings (SSSR count). The summed E-state index contributed by atoms with van der Waals surface area (Å²) in [5.74, 6) is 88.4. The Hall–Kier alpha value is -11.6. The predicted octanol–water partition coefficient (Wildman–Crippen LogP) is 8.55. The third-order valence-corrected chi connectivity index (χ3v) is 15.4. The maximum atomic E-state index is 5.04. The van der Waals surface area contributed by atoms with Gasteiger partial charge in [0.05, 0.1) is 32.1 Å². The predicted molar refractivity (Wildman–Crippen MR) is 321 cm³/mol. The number of hydrogen-bond acceptors (Lipinski definition) is 9. The first-order chi connectivity index (χ1) is 38.5. The van der Waals surface area contributed by atoms with Crippen molar-refractivity contribution in [3.8, 4) is 214 Å². The Balaban J connectivity index is 1.06. The van der Waals surface area contributed by atoms with Gasteiger partial charge in [0.15, 0.2) is 0 Å². The molecule has 0 saturated carbocycles. The summed E-state index contributed by atoms with van der Waals surface area (Å²) in [6.45, 7) is 8.44. The van der Waals surface area contributed by atoms with E-state index < -0.39 is 0 Å². The first-order valence-electron chi connectivity index (χ1n) is 21.8. The van der Waals surface area contributed by atoms with Crippen LogP contribution in [0.4, 0.5) is 11.4 Å². The van der Waals surface area contributed by atoms with Crippen LogP contribution in [0, 0.1) is 252 Å². The second kappa shape index (κ2) is 25.9. The fraction of sp³-hybridized carbons (Fsp3) is 0. The summed E-state index contributed by atoms with van der Waals surface area (Å²) in [5.41, 5.74) is 8.82. The maximum Gasteiger partial charge on any atom is 0.116 e. The van der Waals surface area contributed by atoms with E-state index in [4.69, 9.17) is 30.3 Å². The summed E-state index contributed by atoms with van der Waals surface area (Å²) in [6.07, 6.45) is 12.2. The Morgan fingerprint density at radius 3 is 1.29 bits per heavy atom. The topological polar surface area (TPSA) is 50.5 Å². The number of aromatic nitrogens is 2. The largest absolute Gasteiger partial charge is 0.172 e. The van der Waals surface area contributed by atoms with E-state index in [-0.39, 0.29) is 0 Å². The Morgan fingerprint density at radius 1 is 0.397 bits per heavy atom. The van der Waals surface area contributed by atoms with Crippen molar-refractivity contribution in [3.05, 3.63) is 129 Å². The zero-order valence-electron chi connectivity index (χ0n) is 39.6. The van der Waals surface area contributed by atoms with Gasteiger partial charge in [0.2, 0.25) is 0 Å². The molecule has 0 spiro atoms. The van der Waals surface area contributed by atoms with Crippen LogP contribution in [-0.2, 0) is 11.4 Å². The number of fused-ring (bicyclic) bond motifs is 4. The lowest BCUT2D eigenvalue weighted by Crippen LogP contribution is -1.88. The summed E-state index contributed by atoms with van der Waals surface area (Å²) in [4.78, 5) is 0. The van der Waals surface area contributed by atoms with Gasteiger partial charge in [-0.3, -0.25) is 0 Å². The highest BCUT2D eigenvalue weighted by Gasteiger charge is 2.21. The van der Waals surface area contributed by atoms with E-state index >= 15 is 0 Å². The number of terminal acetylenes is 2. The number of nitrogens with zero attached hydrogens (tertiary/aromatic N) is 4. The molecule has 0 unspecified atom stereocenters. The maximum absolute atomic E-state index is 5.04. The molecule has 78 heavy (non-hydrogen) atoms. The van der Waals surface area contributed by atoms with E-state index in [0.29, 0.717) is 11.1 Å². The average molecular weight is 1080 g/mol. The smallest absolute Gasteiger partial charge is 0.116 e. The Bertz CT molecular complexity index is 5580. The first-order valence-corrected chi connectivity index (χ1v) is 26.6. The fourth-order valence-electron chi connectivity index (χ4n) is 6.97. The molecule has 0 bridgehead atoms. The monoisotopic (exact) mass is 1080 g/mol. The molecular weight excluding hydrogens is 1070 g/mol. The molecule has 2 aliphatic rings. The molecule has 0 saturated heterocycles. The van der Waals surface area contributed by atoms with Crippen molar-refractivity contribution in [2.45, 2.75) is 0 Å². The number of rotatable bonds is 1. The molecule has 2 aromatic carbocycles. The van der Waals surface area contributed by atoms with E-state index in [1.165, 1.54) is 32.1 Å². The van der Waals surface area contributed by atoms with Crippen LogP contribution in [0.1, 0.15) is 27.8 Å². The summed E-state index contributed by atoms with van der Waals surface area (Å²) in [6, 6.07) is 18.7. The van der Waals surface area contributed by atoms with Gasteiger partial charge < -0.3 is 0 Å². The molecular formula is C68H16N4S6. The van der Waals surface area contributed by atoms with Crippen LogP contribution < -0.4 is 9.06 Å².